The Morgan fingerprint density at radius 2 is 0.961 bits per heavy atom. The Labute approximate surface area is 754 Å². The number of aryl methyl sites for hydroxylation is 4. The van der Waals surface area contributed by atoms with Crippen molar-refractivity contribution >= 4 is 91.7 Å². The molecule has 15 rings (SSSR count). The number of halogens is 1. The molecule has 5 aliphatic heterocycles. The molecule has 0 radical (unpaired) electrons. The van der Waals surface area contributed by atoms with Crippen LogP contribution in [-0.4, -0.2) is 177 Å². The predicted molar refractivity (Wildman–Crippen MR) is 498 cm³/mol. The summed E-state index contributed by atoms with van der Waals surface area (Å²) < 4.78 is 44.6. The number of benzene rings is 4. The van der Waals surface area contributed by atoms with Crippen LogP contribution >= 0.6 is 15.9 Å². The third kappa shape index (κ3) is 24.1. The smallest absolute Gasteiger partial charge is 0.494 e. The molecule has 30 heteroatoms. The number of carbonyl (C=O) groups excluding carboxylic acids is 5. The molecule has 5 aliphatic rings. The highest BCUT2D eigenvalue weighted by atomic mass is 79.9. The van der Waals surface area contributed by atoms with E-state index in [0.29, 0.717) is 76.5 Å². The second-order valence-corrected chi connectivity index (χ2v) is 35.9. The lowest BCUT2D eigenvalue weighted by molar-refractivity contribution is 0.00578. The lowest BCUT2D eigenvalue weighted by Crippen LogP contribution is -2.42. The van der Waals surface area contributed by atoms with Gasteiger partial charge in [-0.05, 0) is 262 Å². The Hall–Kier alpha value is -10.9. The maximum absolute atomic E-state index is 13.6. The number of anilines is 2. The van der Waals surface area contributed by atoms with E-state index in [1.54, 1.807) is 50.6 Å². The zero-order chi connectivity index (χ0) is 89.9. The molecule has 0 spiro atoms. The van der Waals surface area contributed by atoms with Crippen LogP contribution in [0.15, 0.2) is 138 Å². The van der Waals surface area contributed by atoms with E-state index in [9.17, 15) is 24.0 Å². The lowest BCUT2D eigenvalue weighted by atomic mass is 9.77. The maximum Gasteiger partial charge on any atom is 0.494 e. The first kappa shape index (κ1) is 93.7. The monoisotopic (exact) mass is 1790 g/mol. The third-order valence-corrected chi connectivity index (χ3v) is 25.1. The molecule has 0 unspecified atom stereocenters. The molecule has 7 N–H and O–H groups in total. The average Bonchev–Trinajstić information content (AvgIpc) is 1.68. The van der Waals surface area contributed by atoms with Gasteiger partial charge in [-0.1, -0.05) is 86.6 Å². The number of rotatable bonds is 28. The van der Waals surface area contributed by atoms with Gasteiger partial charge < -0.3 is 75.1 Å². The first-order valence-corrected chi connectivity index (χ1v) is 45.7. The van der Waals surface area contributed by atoms with E-state index in [0.717, 1.165) is 171 Å². The molecule has 5 saturated heterocycles. The van der Waals surface area contributed by atoms with Gasteiger partial charge in [0.2, 0.25) is 0 Å². The summed E-state index contributed by atoms with van der Waals surface area (Å²) in [5.74, 6) is 1.25. The summed E-state index contributed by atoms with van der Waals surface area (Å²) in [7, 11) is 2.95. The van der Waals surface area contributed by atoms with Crippen LogP contribution in [0.1, 0.15) is 214 Å². The number of piperidine rings is 2. The Kier molecular flexibility index (Phi) is 31.9. The van der Waals surface area contributed by atoms with E-state index in [1.807, 2.05) is 91.6 Å². The van der Waals surface area contributed by atoms with E-state index >= 15 is 0 Å². The SMILES string of the molecule is CC(C)(C)OC(=O)N1CCC(Cc2cccc(B3OC(C)(C)C(C)(C)O3)c2)CC1.CCc1nc2c(cnn2CC)c(NC2CCOCC2)c1CNC(=O)c1cccc(C(=O)NCc2ccc(OC)c(-c3cccc(CC4CCNCC4)c3)c2)n1.CCc1nc2c(cnn2CC)c(NC2CCOCC2)c1CNC(=O)c1cccc(C(=O)NCc2ccc(OC)c(Br)c2)n1. The van der Waals surface area contributed by atoms with Gasteiger partial charge in [-0.2, -0.15) is 10.2 Å². The van der Waals surface area contributed by atoms with E-state index in [1.165, 1.54) is 24.0 Å². The number of nitrogens with one attached hydrogen (secondary N) is 7. The molecular weight excluding hydrogens is 1670 g/mol. The Bertz CT molecular complexity index is 5460. The van der Waals surface area contributed by atoms with Gasteiger partial charge in [-0.15, -0.1) is 0 Å². The summed E-state index contributed by atoms with van der Waals surface area (Å²) in [6.45, 7) is 31.2. The molecule has 674 valence electrons. The van der Waals surface area contributed by atoms with Crippen molar-refractivity contribution in [1.29, 1.82) is 0 Å². The van der Waals surface area contributed by atoms with Crippen molar-refractivity contribution in [2.45, 2.75) is 221 Å². The highest BCUT2D eigenvalue weighted by Crippen LogP contribution is 2.39. The van der Waals surface area contributed by atoms with Crippen LogP contribution in [0, 0.1) is 11.8 Å². The number of likely N-dealkylation sites (tertiary alicyclic amines) is 1. The fourth-order valence-corrected chi connectivity index (χ4v) is 17.2. The Morgan fingerprint density at radius 1 is 0.520 bits per heavy atom. The number of amides is 5. The van der Waals surface area contributed by atoms with Crippen molar-refractivity contribution < 1.29 is 57.0 Å². The van der Waals surface area contributed by atoms with Crippen molar-refractivity contribution in [3.05, 3.63) is 206 Å². The molecule has 5 fully saturated rings. The standard InChI is InChI=1S/C43H52N8O4.C31H36BrN7O4.C23H36BNO4/c1-4-36-34(40(48-32-16-20-55-21-17-32)35-27-47-51(5-2)41(35)50-36)26-46-43(53)38-11-7-10-37(49-38)42(52)45-25-30-12-13-39(54-3)33(24-30)31-9-6-8-29(23-31)22-28-14-18-44-19-15-28;1-4-24-21(28(36-20-11-13-43-14-12-20)22-18-35-39(5-2)29(22)38-24)17-34-31(41)26-8-6-7-25(37-26)30(40)33-16-19-9-10-27(42-3)23(32)15-19;1-21(2,3)27-20(26)25-13-11-17(12-14-25)15-18-9-8-10-19(16-18)24-28-22(4,5)23(6,7)29-24/h6-13,23-24,27-28,32,44H,4-5,14-22,25-26H2,1-3H3,(H,45,52)(H,46,53)(H,48,50);6-10,15,18,20H,4-5,11-14,16-17H2,1-3H3,(H,33,40)(H,34,41)(H,36,38);8-10,16-17H,11-15H2,1-7H3. The summed E-state index contributed by atoms with van der Waals surface area (Å²) in [5, 5.41) is 33.8. The molecule has 127 heavy (non-hydrogen) atoms. The van der Waals surface area contributed by atoms with Gasteiger partial charge in [-0.3, -0.25) is 19.2 Å². The first-order valence-electron chi connectivity index (χ1n) is 44.9. The number of fused-ring (bicyclic) bond motifs is 2. The quantitative estimate of drug-likeness (QED) is 0.0224. The molecule has 5 amide bonds. The Balaban J connectivity index is 0.000000171. The van der Waals surface area contributed by atoms with Gasteiger partial charge >= 0.3 is 13.2 Å². The highest BCUT2D eigenvalue weighted by Gasteiger charge is 2.52. The van der Waals surface area contributed by atoms with Gasteiger partial charge in [0.05, 0.1) is 64.4 Å². The number of carbonyl (C=O) groups is 5. The van der Waals surface area contributed by atoms with Gasteiger partial charge in [0.1, 0.15) is 39.9 Å². The molecule has 0 bridgehead atoms. The average molecular weight is 1800 g/mol. The highest BCUT2D eigenvalue weighted by molar-refractivity contribution is 9.10. The van der Waals surface area contributed by atoms with Crippen molar-refractivity contribution in [1.82, 2.24) is 71.0 Å². The first-order chi connectivity index (χ1) is 61.2. The molecule has 4 aromatic carbocycles. The van der Waals surface area contributed by atoms with E-state index in [2.05, 4.69) is 169 Å². The van der Waals surface area contributed by atoms with Crippen LogP contribution in [0.3, 0.4) is 0 Å². The number of ether oxygens (including phenoxy) is 5. The van der Waals surface area contributed by atoms with Crippen LogP contribution in [0.4, 0.5) is 16.2 Å². The summed E-state index contributed by atoms with van der Waals surface area (Å²) in [5.41, 5.74) is 14.3. The number of pyridine rings is 4. The van der Waals surface area contributed by atoms with Crippen molar-refractivity contribution in [3.63, 3.8) is 0 Å². The molecule has 0 saturated carbocycles. The molecule has 10 aromatic rings. The van der Waals surface area contributed by atoms with Gasteiger partial charge in [0.15, 0.2) is 11.3 Å². The second kappa shape index (κ2) is 43.3. The fourth-order valence-electron chi connectivity index (χ4n) is 16.7. The number of aromatic nitrogens is 8. The molecule has 11 heterocycles. The second-order valence-electron chi connectivity index (χ2n) is 35.1. The lowest BCUT2D eigenvalue weighted by Gasteiger charge is -2.33. The number of methoxy groups -OCH3 is 2. The number of hydrogen-bond acceptors (Lipinski definition) is 21. The summed E-state index contributed by atoms with van der Waals surface area (Å²) in [6, 6.07) is 39.0. The minimum absolute atomic E-state index is 0.157. The zero-order valence-corrected chi connectivity index (χ0v) is 77.4. The zero-order valence-electron chi connectivity index (χ0n) is 75.8. The van der Waals surface area contributed by atoms with E-state index in [4.69, 9.17) is 43.0 Å². The molecule has 0 aliphatic carbocycles. The fraction of sp³-hybridized carbons (Fsp3) is 0.474. The van der Waals surface area contributed by atoms with Crippen molar-refractivity contribution in [2.24, 2.45) is 11.8 Å². The van der Waals surface area contributed by atoms with Crippen LogP contribution in [0.5, 0.6) is 11.5 Å². The maximum atomic E-state index is 13.6. The Morgan fingerprint density at radius 3 is 1.42 bits per heavy atom. The van der Waals surface area contributed by atoms with E-state index < -0.39 is 5.60 Å². The summed E-state index contributed by atoms with van der Waals surface area (Å²) in [4.78, 5) is 85.9. The van der Waals surface area contributed by atoms with Crippen molar-refractivity contribution in [3.8, 4) is 22.6 Å². The topological polar surface area (TPSA) is 325 Å². The largest absolute Gasteiger partial charge is 0.496 e. The number of nitrogens with zero attached hydrogens (tertiary/aromatic N) is 9. The van der Waals surface area contributed by atoms with Gasteiger partial charge in [0, 0.05) is 119 Å². The normalized spacial score (nSPS) is 16.2. The third-order valence-electron chi connectivity index (χ3n) is 24.5. The van der Waals surface area contributed by atoms with Crippen LogP contribution in [0.25, 0.3) is 33.2 Å². The van der Waals surface area contributed by atoms with Gasteiger partial charge in [-0.25, -0.2) is 34.1 Å². The summed E-state index contributed by atoms with van der Waals surface area (Å²) in [6.07, 6.45) is 14.9. The summed E-state index contributed by atoms with van der Waals surface area (Å²) >= 11 is 3.46. The molecule has 28 nitrogen and oxygen atoms in total. The van der Waals surface area contributed by atoms with Crippen LogP contribution in [0.2, 0.25) is 0 Å². The minimum Gasteiger partial charge on any atom is -0.496 e. The van der Waals surface area contributed by atoms with Gasteiger partial charge in [0.25, 0.3) is 23.6 Å². The minimum atomic E-state index is -0.443. The van der Waals surface area contributed by atoms with E-state index in [-0.39, 0.29) is 103 Å². The number of hydrogen-bond donors (Lipinski definition) is 7. The molecule has 6 aromatic heterocycles. The predicted octanol–water partition coefficient (Wildman–Crippen LogP) is 14.9. The van der Waals surface area contributed by atoms with Crippen molar-refractivity contribution in [2.75, 3.05) is 77.5 Å². The van der Waals surface area contributed by atoms with Crippen LogP contribution in [-0.2, 0) is 88.5 Å². The van der Waals surface area contributed by atoms with Crippen LogP contribution < -0.4 is 52.2 Å². The molecular formula is C97H124BBrN16O12. The molecule has 0 atom stereocenters.